The van der Waals surface area contributed by atoms with Crippen LogP contribution in [0.5, 0.6) is 0 Å². The van der Waals surface area contributed by atoms with E-state index in [0.29, 0.717) is 24.3 Å². The number of rotatable bonds is 7. The van der Waals surface area contributed by atoms with E-state index >= 15 is 0 Å². The molecular formula is C11H21N3O2. The summed E-state index contributed by atoms with van der Waals surface area (Å²) in [5, 5.41) is 7.21. The van der Waals surface area contributed by atoms with E-state index in [2.05, 4.69) is 29.3 Å². The van der Waals surface area contributed by atoms with Gasteiger partial charge in [-0.3, -0.25) is 0 Å². The first-order valence-corrected chi connectivity index (χ1v) is 5.79. The molecule has 0 saturated heterocycles. The molecule has 2 unspecified atom stereocenters. The molecular weight excluding hydrogens is 206 g/mol. The number of hydrogen-bond acceptors (Lipinski definition) is 5. The van der Waals surface area contributed by atoms with Crippen LogP contribution >= 0.6 is 0 Å². The lowest BCUT2D eigenvalue weighted by molar-refractivity contribution is 0.0903. The van der Waals surface area contributed by atoms with E-state index in [1.165, 1.54) is 0 Å². The van der Waals surface area contributed by atoms with Crippen molar-refractivity contribution in [1.29, 1.82) is 0 Å². The van der Waals surface area contributed by atoms with E-state index in [9.17, 15) is 0 Å². The Labute approximate surface area is 96.6 Å². The first kappa shape index (κ1) is 13.1. The molecule has 0 aliphatic carbocycles. The molecule has 1 rings (SSSR count). The lowest BCUT2D eigenvalue weighted by Crippen LogP contribution is -2.24. The zero-order chi connectivity index (χ0) is 12.0. The van der Waals surface area contributed by atoms with Crippen molar-refractivity contribution in [2.45, 2.75) is 52.3 Å². The van der Waals surface area contributed by atoms with E-state index in [4.69, 9.17) is 9.26 Å². The van der Waals surface area contributed by atoms with Crippen LogP contribution in [0, 0.1) is 0 Å². The fourth-order valence-electron chi connectivity index (χ4n) is 1.33. The van der Waals surface area contributed by atoms with Crippen LogP contribution in [0.3, 0.4) is 0 Å². The van der Waals surface area contributed by atoms with Crippen molar-refractivity contribution in [1.82, 2.24) is 15.5 Å². The predicted octanol–water partition coefficient (Wildman–Crippen LogP) is 2.06. The molecule has 0 aromatic carbocycles. The average Bonchev–Trinajstić information content (AvgIpc) is 2.76. The monoisotopic (exact) mass is 227 g/mol. The van der Waals surface area contributed by atoms with Gasteiger partial charge in [0.15, 0.2) is 0 Å². The topological polar surface area (TPSA) is 60.2 Å². The highest BCUT2D eigenvalue weighted by Crippen LogP contribution is 2.16. The number of nitrogens with one attached hydrogen (secondary N) is 1. The van der Waals surface area contributed by atoms with Crippen LogP contribution in [0.1, 0.15) is 51.4 Å². The van der Waals surface area contributed by atoms with E-state index in [0.717, 1.165) is 12.8 Å². The second kappa shape index (κ2) is 6.60. The highest BCUT2D eigenvalue weighted by molar-refractivity contribution is 4.90. The van der Waals surface area contributed by atoms with Crippen molar-refractivity contribution in [2.24, 2.45) is 0 Å². The summed E-state index contributed by atoms with van der Waals surface area (Å²) in [7, 11) is 1.65. The van der Waals surface area contributed by atoms with Gasteiger partial charge in [0, 0.05) is 13.2 Å². The Bertz CT molecular complexity index is 297. The summed E-state index contributed by atoms with van der Waals surface area (Å²) in [5.74, 6) is 1.25. The highest BCUT2D eigenvalue weighted by Gasteiger charge is 2.15. The molecule has 0 aliphatic rings. The Hall–Kier alpha value is -0.940. The molecule has 1 N–H and O–H groups in total. The van der Waals surface area contributed by atoms with E-state index < -0.39 is 0 Å². The molecule has 0 bridgehead atoms. The maximum atomic E-state index is 5.24. The standard InChI is InChI=1S/C11H21N3O2/c1-5-8(3)12-7-10-13-11(14-16-10)9(6-2)15-4/h8-9,12H,5-7H2,1-4H3. The largest absolute Gasteiger partial charge is 0.373 e. The minimum absolute atomic E-state index is 0.0684. The Morgan fingerprint density at radius 3 is 2.69 bits per heavy atom. The first-order chi connectivity index (χ1) is 7.71. The van der Waals surface area contributed by atoms with Gasteiger partial charge in [0.2, 0.25) is 11.7 Å². The molecule has 0 fully saturated rings. The molecule has 5 heteroatoms. The minimum atomic E-state index is -0.0684. The van der Waals surface area contributed by atoms with E-state index in [-0.39, 0.29) is 6.10 Å². The van der Waals surface area contributed by atoms with Gasteiger partial charge in [-0.2, -0.15) is 4.98 Å². The quantitative estimate of drug-likeness (QED) is 0.772. The molecule has 92 valence electrons. The van der Waals surface area contributed by atoms with E-state index in [1.54, 1.807) is 7.11 Å². The van der Waals surface area contributed by atoms with Crippen molar-refractivity contribution >= 4 is 0 Å². The molecule has 16 heavy (non-hydrogen) atoms. The van der Waals surface area contributed by atoms with Gasteiger partial charge < -0.3 is 14.6 Å². The Balaban J connectivity index is 2.51. The number of ether oxygens (including phenoxy) is 1. The van der Waals surface area contributed by atoms with Gasteiger partial charge in [-0.05, 0) is 19.8 Å². The molecule has 0 amide bonds. The first-order valence-electron chi connectivity index (χ1n) is 5.79. The smallest absolute Gasteiger partial charge is 0.240 e. The van der Waals surface area contributed by atoms with Crippen LogP contribution < -0.4 is 5.32 Å². The summed E-state index contributed by atoms with van der Waals surface area (Å²) in [6.07, 6.45) is 1.85. The summed E-state index contributed by atoms with van der Waals surface area (Å²) in [5.41, 5.74) is 0. The number of methoxy groups -OCH3 is 1. The predicted molar refractivity (Wildman–Crippen MR) is 60.9 cm³/mol. The second-order valence-electron chi connectivity index (χ2n) is 3.87. The van der Waals surface area contributed by atoms with Gasteiger partial charge in [-0.25, -0.2) is 0 Å². The maximum Gasteiger partial charge on any atom is 0.240 e. The zero-order valence-corrected chi connectivity index (χ0v) is 10.5. The molecule has 5 nitrogen and oxygen atoms in total. The van der Waals surface area contributed by atoms with Gasteiger partial charge in [0.25, 0.3) is 0 Å². The summed E-state index contributed by atoms with van der Waals surface area (Å²) in [4.78, 5) is 4.29. The number of hydrogen-bond donors (Lipinski definition) is 1. The lowest BCUT2D eigenvalue weighted by atomic mass is 10.2. The molecule has 1 aromatic heterocycles. The number of nitrogens with zero attached hydrogens (tertiary/aromatic N) is 2. The van der Waals surface area contributed by atoms with Crippen molar-refractivity contribution in [3.05, 3.63) is 11.7 Å². The summed E-state index contributed by atoms with van der Waals surface area (Å²) in [6.45, 7) is 6.90. The SMILES string of the molecule is CCC(C)NCc1nc(C(CC)OC)no1. The van der Waals surface area contributed by atoms with Crippen LogP contribution in [0.2, 0.25) is 0 Å². The third-order valence-electron chi connectivity index (χ3n) is 2.64. The van der Waals surface area contributed by atoms with Crippen molar-refractivity contribution < 1.29 is 9.26 Å². The molecule has 0 radical (unpaired) electrons. The van der Waals surface area contributed by atoms with Crippen LogP contribution in [0.25, 0.3) is 0 Å². The van der Waals surface area contributed by atoms with Gasteiger partial charge in [0.05, 0.1) is 6.54 Å². The molecule has 2 atom stereocenters. The van der Waals surface area contributed by atoms with Gasteiger partial charge in [-0.15, -0.1) is 0 Å². The Morgan fingerprint density at radius 2 is 2.12 bits per heavy atom. The molecule has 1 heterocycles. The zero-order valence-electron chi connectivity index (χ0n) is 10.5. The molecule has 1 aromatic rings. The van der Waals surface area contributed by atoms with Crippen LogP contribution in [-0.4, -0.2) is 23.3 Å². The van der Waals surface area contributed by atoms with Crippen molar-refractivity contribution in [3.63, 3.8) is 0 Å². The molecule has 0 saturated carbocycles. The van der Waals surface area contributed by atoms with Gasteiger partial charge in [0.1, 0.15) is 6.10 Å². The van der Waals surface area contributed by atoms with Crippen LogP contribution in [-0.2, 0) is 11.3 Å². The van der Waals surface area contributed by atoms with Gasteiger partial charge >= 0.3 is 0 Å². The normalized spacial score (nSPS) is 15.0. The van der Waals surface area contributed by atoms with Crippen molar-refractivity contribution in [3.8, 4) is 0 Å². The lowest BCUT2D eigenvalue weighted by Gasteiger charge is -2.08. The van der Waals surface area contributed by atoms with Gasteiger partial charge in [-0.1, -0.05) is 19.0 Å². The fourth-order valence-corrected chi connectivity index (χ4v) is 1.33. The maximum absolute atomic E-state index is 5.24. The summed E-state index contributed by atoms with van der Waals surface area (Å²) < 4.78 is 10.4. The minimum Gasteiger partial charge on any atom is -0.373 e. The Morgan fingerprint density at radius 1 is 1.38 bits per heavy atom. The van der Waals surface area contributed by atoms with Crippen molar-refractivity contribution in [2.75, 3.05) is 7.11 Å². The average molecular weight is 227 g/mol. The summed E-state index contributed by atoms with van der Waals surface area (Å²) >= 11 is 0. The molecule has 0 spiro atoms. The third-order valence-corrected chi connectivity index (χ3v) is 2.64. The molecule has 0 aliphatic heterocycles. The fraction of sp³-hybridized carbons (Fsp3) is 0.818. The third kappa shape index (κ3) is 3.57. The van der Waals surface area contributed by atoms with E-state index in [1.807, 2.05) is 6.92 Å². The van der Waals surface area contributed by atoms with Crippen LogP contribution in [0.4, 0.5) is 0 Å². The Kier molecular flexibility index (Phi) is 5.42. The van der Waals surface area contributed by atoms with Crippen LogP contribution in [0.15, 0.2) is 4.52 Å². The number of aromatic nitrogens is 2. The highest BCUT2D eigenvalue weighted by atomic mass is 16.5. The summed E-state index contributed by atoms with van der Waals surface area (Å²) in [6, 6.07) is 0.458. The second-order valence-corrected chi connectivity index (χ2v) is 3.87.